The molecule has 1 unspecified atom stereocenters. The van der Waals surface area contributed by atoms with Crippen molar-refractivity contribution in [1.82, 2.24) is 0 Å². The Hall–Kier alpha value is -1.49. The van der Waals surface area contributed by atoms with E-state index in [2.05, 4.69) is 36.9 Å². The molecule has 27 heavy (non-hydrogen) atoms. The first-order chi connectivity index (χ1) is 13.0. The van der Waals surface area contributed by atoms with Crippen LogP contribution < -0.4 is 9.61 Å². The van der Waals surface area contributed by atoms with Crippen LogP contribution in [0, 0.1) is 0 Å². The average molecular weight is 405 g/mol. The summed E-state index contributed by atoms with van der Waals surface area (Å²) in [7, 11) is 0.0690. The van der Waals surface area contributed by atoms with Crippen LogP contribution in [0.4, 0.5) is 0 Å². The summed E-state index contributed by atoms with van der Waals surface area (Å²) in [5.41, 5.74) is 2.37. The average Bonchev–Trinajstić information content (AvgIpc) is 2.72. The van der Waals surface area contributed by atoms with Crippen LogP contribution in [0.5, 0.6) is 5.75 Å². The fraction of sp³-hybridized carbons (Fsp3) is 0.400. The molecule has 5 nitrogen and oxygen atoms in total. The molecule has 146 valence electrons. The molecule has 0 saturated heterocycles. The largest absolute Gasteiger partial charge is 0.517 e. The van der Waals surface area contributed by atoms with Gasteiger partial charge in [0.15, 0.2) is 0 Å². The third-order valence-corrected chi connectivity index (χ3v) is 10.6. The van der Waals surface area contributed by atoms with E-state index in [-0.39, 0.29) is 0 Å². The van der Waals surface area contributed by atoms with Gasteiger partial charge in [-0.25, -0.2) is 0 Å². The zero-order chi connectivity index (χ0) is 19.3. The summed E-state index contributed by atoms with van der Waals surface area (Å²) in [5.74, 6) is 0.942. The zero-order valence-corrected chi connectivity index (χ0v) is 18.5. The first kappa shape index (κ1) is 20.3. The van der Waals surface area contributed by atoms with Gasteiger partial charge in [0.1, 0.15) is 5.75 Å². The first-order valence-corrected chi connectivity index (χ1v) is 13.4. The molecule has 0 fully saturated rings. The lowest BCUT2D eigenvalue weighted by Gasteiger charge is -2.33. The van der Waals surface area contributed by atoms with Crippen LogP contribution in [-0.2, 0) is 30.7 Å². The van der Waals surface area contributed by atoms with Gasteiger partial charge in [-0.3, -0.25) is 0 Å². The zero-order valence-electron chi connectivity index (χ0n) is 16.5. The Morgan fingerprint density at radius 1 is 1.00 bits per heavy atom. The molecule has 0 spiro atoms. The van der Waals surface area contributed by atoms with Crippen molar-refractivity contribution >= 4 is 22.6 Å². The summed E-state index contributed by atoms with van der Waals surface area (Å²) in [6, 6.07) is 17.4. The van der Waals surface area contributed by atoms with Crippen molar-refractivity contribution in [3.63, 3.8) is 0 Å². The smallest absolute Gasteiger partial charge is 0.500 e. The molecule has 7 heteroatoms. The number of rotatable bonds is 8. The lowest BCUT2D eigenvalue weighted by Crippen LogP contribution is -2.55. The van der Waals surface area contributed by atoms with Gasteiger partial charge in [-0.2, -0.15) is 0 Å². The van der Waals surface area contributed by atoms with E-state index in [1.807, 2.05) is 18.2 Å². The van der Waals surface area contributed by atoms with Gasteiger partial charge in [0.25, 0.3) is 0 Å². The molecule has 0 bridgehead atoms. The minimum absolute atomic E-state index is 0.591. The molecule has 2 aromatic carbocycles. The summed E-state index contributed by atoms with van der Waals surface area (Å²) < 4.78 is 29.0. The second-order valence-corrected chi connectivity index (χ2v) is 12.8. The highest BCUT2D eigenvalue weighted by Gasteiger charge is 2.40. The molecule has 0 saturated carbocycles. The van der Waals surface area contributed by atoms with Crippen molar-refractivity contribution in [3.8, 4) is 5.75 Å². The van der Waals surface area contributed by atoms with Gasteiger partial charge in [0, 0.05) is 38.1 Å². The highest BCUT2D eigenvalue weighted by molar-refractivity contribution is 6.80. The summed E-state index contributed by atoms with van der Waals surface area (Å²) in [6.45, 7) is 2.69. The summed E-state index contributed by atoms with van der Waals surface area (Å²) in [4.78, 5) is 0. The maximum absolute atomic E-state index is 6.33. The van der Waals surface area contributed by atoms with E-state index >= 15 is 0 Å². The summed E-state index contributed by atoms with van der Waals surface area (Å²) >= 11 is 0. The lowest BCUT2D eigenvalue weighted by atomic mass is 10.1. The van der Waals surface area contributed by atoms with Gasteiger partial charge in [-0.1, -0.05) is 36.4 Å². The highest BCUT2D eigenvalue weighted by Crippen LogP contribution is 2.30. The maximum atomic E-state index is 6.33. The minimum Gasteiger partial charge on any atom is -0.517 e. The van der Waals surface area contributed by atoms with Gasteiger partial charge in [0.05, 0.1) is 6.61 Å². The molecule has 1 heterocycles. The highest BCUT2D eigenvalue weighted by atomic mass is 28.4. The number of fused-ring (bicyclic) bond motifs is 1. The van der Waals surface area contributed by atoms with E-state index in [4.69, 9.17) is 22.1 Å². The Morgan fingerprint density at radius 2 is 1.70 bits per heavy atom. The quantitative estimate of drug-likeness (QED) is 0.631. The Morgan fingerprint density at radius 3 is 2.37 bits per heavy atom. The lowest BCUT2D eigenvalue weighted by molar-refractivity contribution is 0.123. The number of hydrogen-bond acceptors (Lipinski definition) is 5. The molecule has 0 N–H and O–H groups in total. The molecule has 0 aliphatic carbocycles. The minimum atomic E-state index is -2.50. The van der Waals surface area contributed by atoms with Crippen molar-refractivity contribution in [3.05, 3.63) is 59.7 Å². The molecule has 0 radical (unpaired) electrons. The Balaban J connectivity index is 1.65. The topological polar surface area (TPSA) is 46.2 Å². The molecule has 2 aromatic rings. The van der Waals surface area contributed by atoms with Crippen molar-refractivity contribution in [2.45, 2.75) is 32.0 Å². The van der Waals surface area contributed by atoms with Gasteiger partial charge in [-0.15, -0.1) is 0 Å². The second-order valence-electron chi connectivity index (χ2n) is 6.79. The second kappa shape index (κ2) is 8.68. The SMILES string of the molecule is CO[Si](CCCc1ccc2c(c1)CO[Si](C)(c1ccccc1)O2)(OC)OC. The van der Waals surface area contributed by atoms with Crippen molar-refractivity contribution < 1.29 is 22.1 Å². The van der Waals surface area contributed by atoms with E-state index in [1.54, 1.807) is 21.3 Å². The van der Waals surface area contributed by atoms with Crippen molar-refractivity contribution in [1.29, 1.82) is 0 Å². The molecule has 1 atom stereocenters. The van der Waals surface area contributed by atoms with Crippen LogP contribution in [0.3, 0.4) is 0 Å². The Kier molecular flexibility index (Phi) is 6.51. The van der Waals surface area contributed by atoms with Crippen LogP contribution in [0.25, 0.3) is 0 Å². The number of benzene rings is 2. The van der Waals surface area contributed by atoms with Crippen LogP contribution in [0.2, 0.25) is 12.6 Å². The molecular formula is C20H28O5Si2. The van der Waals surface area contributed by atoms with Gasteiger partial charge in [-0.05, 0) is 37.1 Å². The van der Waals surface area contributed by atoms with Gasteiger partial charge >= 0.3 is 17.4 Å². The van der Waals surface area contributed by atoms with E-state index < -0.39 is 17.4 Å². The standard InChI is InChI=1S/C20H28O5Si2/c1-21-27(22-2,23-3)14-8-9-17-12-13-20-18(15-17)16-24-26(4,25-20)19-10-6-5-7-11-19/h5-7,10-13,15H,8-9,14,16H2,1-4H3. The van der Waals surface area contributed by atoms with E-state index in [9.17, 15) is 0 Å². The molecule has 0 aromatic heterocycles. The summed E-state index contributed by atoms with van der Waals surface area (Å²) in [6.07, 6.45) is 1.88. The van der Waals surface area contributed by atoms with E-state index in [0.29, 0.717) is 6.61 Å². The monoisotopic (exact) mass is 404 g/mol. The Bertz CT molecular complexity index is 743. The van der Waals surface area contributed by atoms with Gasteiger partial charge in [0.2, 0.25) is 0 Å². The van der Waals surface area contributed by atoms with E-state index in [0.717, 1.165) is 35.4 Å². The molecule has 3 rings (SSSR count). The third-order valence-electron chi connectivity index (χ3n) is 5.11. The predicted octanol–water partition coefficient (Wildman–Crippen LogP) is 3.39. The summed E-state index contributed by atoms with van der Waals surface area (Å²) in [5, 5.41) is 1.15. The van der Waals surface area contributed by atoms with Crippen LogP contribution in [-0.4, -0.2) is 38.7 Å². The third kappa shape index (κ3) is 4.51. The first-order valence-electron chi connectivity index (χ1n) is 9.20. The maximum Gasteiger partial charge on any atom is 0.500 e. The fourth-order valence-electron chi connectivity index (χ4n) is 3.40. The number of aryl methyl sites for hydroxylation is 1. The van der Waals surface area contributed by atoms with E-state index in [1.165, 1.54) is 5.56 Å². The van der Waals surface area contributed by atoms with Crippen molar-refractivity contribution in [2.75, 3.05) is 21.3 Å². The van der Waals surface area contributed by atoms with Gasteiger partial charge < -0.3 is 22.1 Å². The molecule has 1 aliphatic rings. The Labute approximate surface area is 163 Å². The van der Waals surface area contributed by atoms with Crippen LogP contribution in [0.1, 0.15) is 17.5 Å². The number of hydrogen-bond donors (Lipinski definition) is 0. The normalized spacial score (nSPS) is 19.4. The van der Waals surface area contributed by atoms with Crippen LogP contribution in [0.15, 0.2) is 48.5 Å². The van der Waals surface area contributed by atoms with Crippen molar-refractivity contribution in [2.24, 2.45) is 0 Å². The molecular weight excluding hydrogens is 376 g/mol. The molecule has 0 amide bonds. The predicted molar refractivity (Wildman–Crippen MR) is 109 cm³/mol. The fourth-order valence-corrected chi connectivity index (χ4v) is 7.32. The molecule has 1 aliphatic heterocycles. The van der Waals surface area contributed by atoms with Crippen LogP contribution >= 0.6 is 0 Å².